The number of benzene rings is 1. The average molecular weight is 261 g/mol. The van der Waals surface area contributed by atoms with Gasteiger partial charge < -0.3 is 9.88 Å². The van der Waals surface area contributed by atoms with Crippen LogP contribution in [0.25, 0.3) is 0 Å². The van der Waals surface area contributed by atoms with E-state index in [1.165, 1.54) is 6.07 Å². The fraction of sp³-hybridized carbons (Fsp3) is 0.400. The molecule has 19 heavy (non-hydrogen) atoms. The minimum absolute atomic E-state index is 0.146. The summed E-state index contributed by atoms with van der Waals surface area (Å²) in [6.07, 6.45) is 2.67. The molecule has 3 nitrogen and oxygen atoms in total. The lowest BCUT2D eigenvalue weighted by Crippen LogP contribution is -2.12. The lowest BCUT2D eigenvalue weighted by molar-refractivity contribution is 0.600. The fourth-order valence-electron chi connectivity index (χ4n) is 2.05. The van der Waals surface area contributed by atoms with Gasteiger partial charge in [0.1, 0.15) is 5.82 Å². The minimum Gasteiger partial charge on any atom is -0.355 e. The molecule has 0 amide bonds. The summed E-state index contributed by atoms with van der Waals surface area (Å²) in [4.78, 5) is 4.44. The smallest absolute Gasteiger partial charge is 0.203 e. The van der Waals surface area contributed by atoms with E-state index in [9.17, 15) is 4.39 Å². The first-order valence-corrected chi connectivity index (χ1v) is 6.60. The molecule has 0 radical (unpaired) electrons. The molecule has 1 aromatic heterocycles. The van der Waals surface area contributed by atoms with Crippen LogP contribution in [0, 0.1) is 12.7 Å². The summed E-state index contributed by atoms with van der Waals surface area (Å²) in [5, 5.41) is 3.28. The van der Waals surface area contributed by atoms with Crippen LogP contribution < -0.4 is 5.32 Å². The fourth-order valence-corrected chi connectivity index (χ4v) is 2.05. The van der Waals surface area contributed by atoms with Crippen LogP contribution in [0.3, 0.4) is 0 Å². The maximum absolute atomic E-state index is 13.5. The summed E-state index contributed by atoms with van der Waals surface area (Å²) in [7, 11) is 0. The van der Waals surface area contributed by atoms with E-state index in [0.717, 1.165) is 17.2 Å². The number of aryl methyl sites for hydroxylation is 1. The van der Waals surface area contributed by atoms with Crippen LogP contribution >= 0.6 is 0 Å². The van der Waals surface area contributed by atoms with Crippen molar-refractivity contribution < 1.29 is 4.39 Å². The first-order valence-electron chi connectivity index (χ1n) is 6.60. The Labute approximate surface area is 113 Å². The highest BCUT2D eigenvalue weighted by Gasteiger charge is 2.08. The lowest BCUT2D eigenvalue weighted by atomic mass is 10.1. The normalized spacial score (nSPS) is 11.0. The Morgan fingerprint density at radius 3 is 2.74 bits per heavy atom. The second-order valence-corrected chi connectivity index (χ2v) is 4.98. The van der Waals surface area contributed by atoms with E-state index in [2.05, 4.69) is 28.7 Å². The maximum atomic E-state index is 13.5. The second kappa shape index (κ2) is 5.87. The largest absolute Gasteiger partial charge is 0.355 e. The van der Waals surface area contributed by atoms with Gasteiger partial charge in [-0.05, 0) is 38.8 Å². The van der Waals surface area contributed by atoms with E-state index < -0.39 is 0 Å². The minimum atomic E-state index is -0.146. The van der Waals surface area contributed by atoms with Crippen molar-refractivity contribution in [3.8, 4) is 0 Å². The molecule has 0 saturated carbocycles. The first-order chi connectivity index (χ1) is 9.08. The van der Waals surface area contributed by atoms with Crippen LogP contribution in [-0.4, -0.2) is 16.1 Å². The Hall–Kier alpha value is -1.84. The van der Waals surface area contributed by atoms with Gasteiger partial charge in [-0.2, -0.15) is 0 Å². The molecule has 2 aromatic rings. The number of hydrogen-bond acceptors (Lipinski definition) is 2. The SMILES string of the molecule is Cc1cn(C(C)C)c(NCCc2ccccc2F)n1. The van der Waals surface area contributed by atoms with Crippen LogP contribution in [-0.2, 0) is 6.42 Å². The average Bonchev–Trinajstić information content (AvgIpc) is 2.73. The number of anilines is 1. The summed E-state index contributed by atoms with van der Waals surface area (Å²) >= 11 is 0. The van der Waals surface area contributed by atoms with Crippen LogP contribution in [0.1, 0.15) is 31.1 Å². The predicted octanol–water partition coefficient (Wildman–Crippen LogP) is 3.57. The molecule has 0 saturated heterocycles. The number of nitrogens with one attached hydrogen (secondary N) is 1. The molecular formula is C15H20FN3. The van der Waals surface area contributed by atoms with Crippen molar-refractivity contribution in [2.45, 2.75) is 33.2 Å². The van der Waals surface area contributed by atoms with Crippen LogP contribution in [0.15, 0.2) is 30.5 Å². The summed E-state index contributed by atoms with van der Waals surface area (Å²) in [5.74, 6) is 0.705. The van der Waals surface area contributed by atoms with Crippen LogP contribution in [0.4, 0.5) is 10.3 Å². The van der Waals surface area contributed by atoms with E-state index in [1.807, 2.05) is 25.3 Å². The topological polar surface area (TPSA) is 29.9 Å². The van der Waals surface area contributed by atoms with Gasteiger partial charge in [-0.25, -0.2) is 9.37 Å². The third-order valence-electron chi connectivity index (χ3n) is 3.04. The summed E-state index contributed by atoms with van der Waals surface area (Å²) in [6, 6.07) is 7.24. The zero-order chi connectivity index (χ0) is 13.8. The molecule has 1 aromatic carbocycles. The molecule has 2 rings (SSSR count). The second-order valence-electron chi connectivity index (χ2n) is 4.98. The quantitative estimate of drug-likeness (QED) is 0.891. The van der Waals surface area contributed by atoms with Gasteiger partial charge in [0.2, 0.25) is 5.95 Å². The van der Waals surface area contributed by atoms with Gasteiger partial charge in [0.05, 0.1) is 5.69 Å². The molecule has 0 fully saturated rings. The van der Waals surface area contributed by atoms with Crippen LogP contribution in [0.2, 0.25) is 0 Å². The number of hydrogen-bond donors (Lipinski definition) is 1. The Morgan fingerprint density at radius 1 is 1.32 bits per heavy atom. The molecule has 0 atom stereocenters. The molecule has 1 N–H and O–H groups in total. The summed E-state index contributed by atoms with van der Waals surface area (Å²) < 4.78 is 15.6. The summed E-state index contributed by atoms with van der Waals surface area (Å²) in [5.41, 5.74) is 1.72. The predicted molar refractivity (Wildman–Crippen MR) is 75.9 cm³/mol. The highest BCUT2D eigenvalue weighted by molar-refractivity contribution is 5.30. The first kappa shape index (κ1) is 13.6. The van der Waals surface area contributed by atoms with E-state index >= 15 is 0 Å². The lowest BCUT2D eigenvalue weighted by Gasteiger charge is -2.12. The van der Waals surface area contributed by atoms with E-state index in [0.29, 0.717) is 19.0 Å². The number of rotatable bonds is 5. The number of nitrogens with zero attached hydrogens (tertiary/aromatic N) is 2. The molecular weight excluding hydrogens is 241 g/mol. The Kier molecular flexibility index (Phi) is 4.20. The van der Waals surface area contributed by atoms with E-state index in [1.54, 1.807) is 6.07 Å². The van der Waals surface area contributed by atoms with Crippen LogP contribution in [0.5, 0.6) is 0 Å². The molecule has 0 aliphatic heterocycles. The zero-order valence-electron chi connectivity index (χ0n) is 11.7. The maximum Gasteiger partial charge on any atom is 0.203 e. The van der Waals surface area contributed by atoms with Crippen molar-refractivity contribution in [1.29, 1.82) is 0 Å². The van der Waals surface area contributed by atoms with Gasteiger partial charge in [-0.15, -0.1) is 0 Å². The van der Waals surface area contributed by atoms with Gasteiger partial charge >= 0.3 is 0 Å². The monoisotopic (exact) mass is 261 g/mol. The highest BCUT2D eigenvalue weighted by atomic mass is 19.1. The van der Waals surface area contributed by atoms with E-state index in [4.69, 9.17) is 0 Å². The summed E-state index contributed by atoms with van der Waals surface area (Å²) in [6.45, 7) is 6.87. The molecule has 0 spiro atoms. The molecule has 4 heteroatoms. The molecule has 0 aliphatic carbocycles. The van der Waals surface area contributed by atoms with Crippen molar-refractivity contribution in [2.24, 2.45) is 0 Å². The number of halogens is 1. The number of aromatic nitrogens is 2. The van der Waals surface area contributed by atoms with Crippen molar-refractivity contribution in [2.75, 3.05) is 11.9 Å². The van der Waals surface area contributed by atoms with Crippen molar-refractivity contribution >= 4 is 5.95 Å². The standard InChI is InChI=1S/C15H20FN3/c1-11(2)19-10-12(3)18-15(19)17-9-8-13-6-4-5-7-14(13)16/h4-7,10-11H,8-9H2,1-3H3,(H,17,18). The third kappa shape index (κ3) is 3.34. The Morgan fingerprint density at radius 2 is 2.05 bits per heavy atom. The van der Waals surface area contributed by atoms with Gasteiger partial charge in [-0.3, -0.25) is 0 Å². The molecule has 0 aliphatic rings. The van der Waals surface area contributed by atoms with Crippen molar-refractivity contribution in [3.63, 3.8) is 0 Å². The van der Waals surface area contributed by atoms with Gasteiger partial charge in [0.25, 0.3) is 0 Å². The third-order valence-corrected chi connectivity index (χ3v) is 3.04. The Balaban J connectivity index is 1.98. The van der Waals surface area contributed by atoms with Gasteiger partial charge in [0, 0.05) is 18.8 Å². The molecule has 1 heterocycles. The Bertz CT molecular complexity index is 546. The molecule has 102 valence electrons. The zero-order valence-corrected chi connectivity index (χ0v) is 11.7. The molecule has 0 unspecified atom stereocenters. The van der Waals surface area contributed by atoms with Crippen molar-refractivity contribution in [3.05, 3.63) is 47.5 Å². The molecule has 0 bridgehead atoms. The van der Waals surface area contributed by atoms with E-state index in [-0.39, 0.29) is 5.82 Å². The number of imidazole rings is 1. The highest BCUT2D eigenvalue weighted by Crippen LogP contribution is 2.15. The van der Waals surface area contributed by atoms with Gasteiger partial charge in [-0.1, -0.05) is 18.2 Å². The van der Waals surface area contributed by atoms with Crippen molar-refractivity contribution in [1.82, 2.24) is 9.55 Å². The van der Waals surface area contributed by atoms with Gasteiger partial charge in [0.15, 0.2) is 0 Å².